The summed E-state index contributed by atoms with van der Waals surface area (Å²) < 4.78 is 1.27. The minimum absolute atomic E-state index is 0.0927. The number of carbonyl (C=O) groups excluding carboxylic acids is 1. The second-order valence-electron chi connectivity index (χ2n) is 4.97. The first kappa shape index (κ1) is 13.9. The Morgan fingerprint density at radius 3 is 2.73 bits per heavy atom. The molecule has 22 heavy (non-hydrogen) atoms. The molecule has 0 spiro atoms. The van der Waals surface area contributed by atoms with Crippen molar-refractivity contribution in [3.63, 3.8) is 0 Å². The second kappa shape index (κ2) is 5.77. The second-order valence-corrected chi connectivity index (χ2v) is 4.97. The van der Waals surface area contributed by atoms with Crippen LogP contribution < -0.4 is 10.9 Å². The van der Waals surface area contributed by atoms with Crippen LogP contribution in [0.2, 0.25) is 0 Å². The molecule has 0 aliphatic rings. The van der Waals surface area contributed by atoms with Crippen molar-refractivity contribution in [2.45, 2.75) is 13.5 Å². The predicted octanol–water partition coefficient (Wildman–Crippen LogP) is 1.74. The van der Waals surface area contributed by atoms with Gasteiger partial charge in [-0.3, -0.25) is 14.2 Å². The molecule has 0 radical (unpaired) electrons. The van der Waals surface area contributed by atoms with Crippen LogP contribution in [-0.4, -0.2) is 20.4 Å². The number of carbonyl (C=O) groups is 1. The topological polar surface area (TPSA) is 76.9 Å². The van der Waals surface area contributed by atoms with Crippen molar-refractivity contribution in [1.29, 1.82) is 0 Å². The first-order valence-corrected chi connectivity index (χ1v) is 6.80. The van der Waals surface area contributed by atoms with Crippen LogP contribution in [0.5, 0.6) is 0 Å². The summed E-state index contributed by atoms with van der Waals surface area (Å²) in [6, 6.07) is 10.8. The predicted molar refractivity (Wildman–Crippen MR) is 83.6 cm³/mol. The summed E-state index contributed by atoms with van der Waals surface area (Å²) in [5.74, 6) is -0.281. The summed E-state index contributed by atoms with van der Waals surface area (Å²) >= 11 is 0. The molecule has 0 aliphatic carbocycles. The molecular formula is C16H14N4O2. The minimum Gasteiger partial charge on any atom is -0.325 e. The van der Waals surface area contributed by atoms with E-state index in [9.17, 15) is 9.59 Å². The molecule has 0 saturated carbocycles. The maximum Gasteiger partial charge on any atom is 0.263 e. The van der Waals surface area contributed by atoms with Gasteiger partial charge in [0.25, 0.3) is 5.56 Å². The zero-order valence-corrected chi connectivity index (χ0v) is 12.0. The lowest BCUT2D eigenvalue weighted by Crippen LogP contribution is -2.28. The van der Waals surface area contributed by atoms with Gasteiger partial charge in [0.1, 0.15) is 12.9 Å². The molecule has 1 amide bonds. The van der Waals surface area contributed by atoms with Gasteiger partial charge in [0, 0.05) is 11.9 Å². The van der Waals surface area contributed by atoms with Crippen molar-refractivity contribution < 1.29 is 4.79 Å². The number of hydrogen-bond donors (Lipinski definition) is 1. The van der Waals surface area contributed by atoms with Gasteiger partial charge < -0.3 is 5.32 Å². The molecule has 0 saturated heterocycles. The fraction of sp³-hybridized carbons (Fsp3) is 0.125. The number of amides is 1. The Kier molecular flexibility index (Phi) is 3.65. The fourth-order valence-corrected chi connectivity index (χ4v) is 2.10. The summed E-state index contributed by atoms with van der Waals surface area (Å²) in [7, 11) is 0. The number of hydrogen-bond acceptors (Lipinski definition) is 4. The van der Waals surface area contributed by atoms with E-state index < -0.39 is 0 Å². The molecule has 2 aromatic heterocycles. The Bertz CT molecular complexity index is 885. The largest absolute Gasteiger partial charge is 0.325 e. The van der Waals surface area contributed by atoms with E-state index >= 15 is 0 Å². The van der Waals surface area contributed by atoms with Gasteiger partial charge in [0.15, 0.2) is 5.65 Å². The molecular weight excluding hydrogens is 280 g/mol. The molecule has 1 N–H and O–H groups in total. The Balaban J connectivity index is 1.81. The van der Waals surface area contributed by atoms with Crippen molar-refractivity contribution in [2.24, 2.45) is 0 Å². The zero-order chi connectivity index (χ0) is 15.5. The van der Waals surface area contributed by atoms with Crippen molar-refractivity contribution in [3.05, 3.63) is 64.8 Å². The van der Waals surface area contributed by atoms with Crippen LogP contribution in [0.1, 0.15) is 5.56 Å². The fourth-order valence-electron chi connectivity index (χ4n) is 2.10. The maximum atomic E-state index is 12.3. The number of anilines is 1. The molecule has 2 heterocycles. The highest BCUT2D eigenvalue weighted by Crippen LogP contribution is 2.08. The van der Waals surface area contributed by atoms with Crippen LogP contribution in [0, 0.1) is 6.92 Å². The molecule has 0 unspecified atom stereocenters. The molecule has 0 atom stereocenters. The quantitative estimate of drug-likeness (QED) is 0.798. The van der Waals surface area contributed by atoms with Gasteiger partial charge in [-0.05, 0) is 31.2 Å². The van der Waals surface area contributed by atoms with Crippen molar-refractivity contribution in [2.75, 3.05) is 5.32 Å². The average Bonchev–Trinajstić information content (AvgIpc) is 2.53. The van der Waals surface area contributed by atoms with Crippen LogP contribution in [0.3, 0.4) is 0 Å². The van der Waals surface area contributed by atoms with Crippen LogP contribution in [0.15, 0.2) is 53.7 Å². The molecule has 110 valence electrons. The SMILES string of the molecule is Cc1ccc(NC(=O)Cn2cnc3ncccc3c2=O)cc1. The van der Waals surface area contributed by atoms with E-state index in [0.717, 1.165) is 5.56 Å². The van der Waals surface area contributed by atoms with Gasteiger partial charge in [0.05, 0.1) is 5.39 Å². The number of rotatable bonds is 3. The normalized spacial score (nSPS) is 10.6. The number of aryl methyl sites for hydroxylation is 1. The van der Waals surface area contributed by atoms with E-state index in [-0.39, 0.29) is 18.0 Å². The number of fused-ring (bicyclic) bond motifs is 1. The van der Waals surface area contributed by atoms with Crippen LogP contribution in [0.4, 0.5) is 5.69 Å². The summed E-state index contributed by atoms with van der Waals surface area (Å²) in [5.41, 5.74) is 1.90. The molecule has 0 bridgehead atoms. The third kappa shape index (κ3) is 2.85. The first-order chi connectivity index (χ1) is 10.6. The minimum atomic E-state index is -0.281. The van der Waals surface area contributed by atoms with E-state index in [0.29, 0.717) is 16.7 Å². The van der Waals surface area contributed by atoms with Crippen LogP contribution in [0.25, 0.3) is 11.0 Å². The third-order valence-electron chi connectivity index (χ3n) is 3.25. The number of nitrogens with one attached hydrogen (secondary N) is 1. The number of nitrogens with zero attached hydrogens (tertiary/aromatic N) is 3. The van der Waals surface area contributed by atoms with E-state index in [2.05, 4.69) is 15.3 Å². The molecule has 1 aromatic carbocycles. The Hall–Kier alpha value is -3.02. The highest BCUT2D eigenvalue weighted by atomic mass is 16.2. The van der Waals surface area contributed by atoms with E-state index in [1.54, 1.807) is 18.3 Å². The smallest absolute Gasteiger partial charge is 0.263 e. The Morgan fingerprint density at radius 2 is 1.95 bits per heavy atom. The van der Waals surface area contributed by atoms with Gasteiger partial charge in [-0.1, -0.05) is 17.7 Å². The van der Waals surface area contributed by atoms with Gasteiger partial charge >= 0.3 is 0 Å². The molecule has 3 aromatic rings. The lowest BCUT2D eigenvalue weighted by atomic mass is 10.2. The number of benzene rings is 1. The zero-order valence-electron chi connectivity index (χ0n) is 12.0. The molecule has 3 rings (SSSR count). The summed E-state index contributed by atoms with van der Waals surface area (Å²) in [4.78, 5) is 32.4. The Labute approximate surface area is 126 Å². The van der Waals surface area contributed by atoms with E-state index in [4.69, 9.17) is 0 Å². The third-order valence-corrected chi connectivity index (χ3v) is 3.25. The van der Waals surface area contributed by atoms with E-state index in [1.165, 1.54) is 10.9 Å². The average molecular weight is 294 g/mol. The highest BCUT2D eigenvalue weighted by Gasteiger charge is 2.08. The summed E-state index contributed by atoms with van der Waals surface area (Å²) in [5, 5.41) is 3.15. The van der Waals surface area contributed by atoms with Crippen LogP contribution >= 0.6 is 0 Å². The summed E-state index contributed by atoms with van der Waals surface area (Å²) in [6.07, 6.45) is 2.91. The van der Waals surface area contributed by atoms with Gasteiger partial charge in [-0.15, -0.1) is 0 Å². The van der Waals surface area contributed by atoms with Crippen LogP contribution in [-0.2, 0) is 11.3 Å². The first-order valence-electron chi connectivity index (χ1n) is 6.80. The highest BCUT2D eigenvalue weighted by molar-refractivity contribution is 5.90. The van der Waals surface area contributed by atoms with Crippen molar-refractivity contribution in [1.82, 2.24) is 14.5 Å². The molecule has 6 nitrogen and oxygen atoms in total. The summed E-state index contributed by atoms with van der Waals surface area (Å²) in [6.45, 7) is 1.88. The lowest BCUT2D eigenvalue weighted by molar-refractivity contribution is -0.116. The maximum absolute atomic E-state index is 12.3. The molecule has 0 fully saturated rings. The number of aromatic nitrogens is 3. The Morgan fingerprint density at radius 1 is 1.18 bits per heavy atom. The van der Waals surface area contributed by atoms with Crippen molar-refractivity contribution >= 4 is 22.6 Å². The van der Waals surface area contributed by atoms with Gasteiger partial charge in [0.2, 0.25) is 5.91 Å². The molecule has 0 aliphatic heterocycles. The van der Waals surface area contributed by atoms with E-state index in [1.807, 2.05) is 31.2 Å². The molecule has 6 heteroatoms. The van der Waals surface area contributed by atoms with Gasteiger partial charge in [-0.25, -0.2) is 9.97 Å². The standard InChI is InChI=1S/C16H14N4O2/c1-11-4-6-12(7-5-11)19-14(21)9-20-10-18-15-13(16(20)22)3-2-8-17-15/h2-8,10H,9H2,1H3,(H,19,21). The van der Waals surface area contributed by atoms with Gasteiger partial charge in [-0.2, -0.15) is 0 Å². The lowest BCUT2D eigenvalue weighted by Gasteiger charge is -2.08. The van der Waals surface area contributed by atoms with Crippen molar-refractivity contribution in [3.8, 4) is 0 Å². The monoisotopic (exact) mass is 294 g/mol. The number of pyridine rings is 1.